The molecule has 1 aliphatic rings. The van der Waals surface area contributed by atoms with Crippen LogP contribution in [0.1, 0.15) is 33.1 Å². The monoisotopic (exact) mass is 251 g/mol. The van der Waals surface area contributed by atoms with E-state index in [9.17, 15) is 9.90 Å². The Bertz CT molecular complexity index is 386. The average molecular weight is 251 g/mol. The van der Waals surface area contributed by atoms with Crippen LogP contribution < -0.4 is 10.8 Å². The molecular weight excluding hydrogens is 230 g/mol. The summed E-state index contributed by atoms with van der Waals surface area (Å²) >= 11 is 0. The van der Waals surface area contributed by atoms with Crippen molar-refractivity contribution in [1.82, 2.24) is 0 Å². The van der Waals surface area contributed by atoms with Gasteiger partial charge in [-0.15, -0.1) is 0 Å². The van der Waals surface area contributed by atoms with Crippen molar-refractivity contribution in [3.8, 4) is 0 Å². The molecular formula is C13H21N3O2. The summed E-state index contributed by atoms with van der Waals surface area (Å²) in [4.78, 5) is 15.2. The van der Waals surface area contributed by atoms with E-state index in [1.807, 2.05) is 0 Å². The molecule has 2 N–H and O–H groups in total. The zero-order valence-electron chi connectivity index (χ0n) is 11.0. The Morgan fingerprint density at radius 2 is 2.33 bits per heavy atom. The van der Waals surface area contributed by atoms with Crippen LogP contribution in [0, 0.1) is 0 Å². The molecule has 0 saturated carbocycles. The van der Waals surface area contributed by atoms with Crippen molar-refractivity contribution in [2.24, 2.45) is 10.7 Å². The van der Waals surface area contributed by atoms with Gasteiger partial charge >= 0.3 is 0 Å². The van der Waals surface area contributed by atoms with Crippen molar-refractivity contribution in [3.05, 3.63) is 24.6 Å². The number of hydrogen-bond donors (Lipinski definition) is 1. The Kier molecular flexibility index (Phi) is 5.25. The number of carbonyl (C=O) groups excluding carboxylic acids is 1. The number of allylic oxidation sites excluding steroid dienone is 2. The fourth-order valence-electron chi connectivity index (χ4n) is 2.07. The lowest BCUT2D eigenvalue weighted by Gasteiger charge is -2.36. The van der Waals surface area contributed by atoms with Crippen molar-refractivity contribution in [1.29, 1.82) is 0 Å². The smallest absolute Gasteiger partial charge is 0.209 e. The molecule has 0 saturated heterocycles. The first kappa shape index (κ1) is 14.6. The number of carboxylic acid groups (broad SMARTS) is 1. The fourth-order valence-corrected chi connectivity index (χ4v) is 2.07. The summed E-state index contributed by atoms with van der Waals surface area (Å²) in [5.74, 6) is -0.328. The minimum Gasteiger partial charge on any atom is -0.544 e. The number of aliphatic imine (C=N–C) groups is 1. The molecule has 18 heavy (non-hydrogen) atoms. The maximum absolute atomic E-state index is 10.9. The maximum Gasteiger partial charge on any atom is 0.209 e. The Balaban J connectivity index is 2.77. The lowest BCUT2D eigenvalue weighted by atomic mass is 10.2. The number of carboxylic acids is 1. The van der Waals surface area contributed by atoms with Crippen LogP contribution in [-0.4, -0.2) is 29.0 Å². The lowest BCUT2D eigenvalue weighted by molar-refractivity contribution is -0.808. The quantitative estimate of drug-likeness (QED) is 0.528. The molecule has 0 bridgehead atoms. The van der Waals surface area contributed by atoms with Gasteiger partial charge in [0.05, 0.1) is 12.2 Å². The maximum atomic E-state index is 10.9. The number of quaternary nitrogens is 1. The van der Waals surface area contributed by atoms with Crippen molar-refractivity contribution in [2.75, 3.05) is 6.54 Å². The van der Waals surface area contributed by atoms with Crippen LogP contribution in [0.4, 0.5) is 0 Å². The first-order valence-corrected chi connectivity index (χ1v) is 6.25. The number of rotatable bonds is 7. The third kappa shape index (κ3) is 3.27. The molecule has 2 atom stereocenters. The van der Waals surface area contributed by atoms with E-state index in [1.165, 1.54) is 0 Å². The summed E-state index contributed by atoms with van der Waals surface area (Å²) < 4.78 is 0.0717. The second-order valence-electron chi connectivity index (χ2n) is 4.46. The van der Waals surface area contributed by atoms with E-state index in [-0.39, 0.29) is 17.2 Å². The Hall–Kier alpha value is -1.46. The van der Waals surface area contributed by atoms with Gasteiger partial charge in [-0.3, -0.25) is 5.73 Å². The van der Waals surface area contributed by atoms with E-state index in [4.69, 9.17) is 5.73 Å². The summed E-state index contributed by atoms with van der Waals surface area (Å²) in [5.41, 5.74) is 5.93. The van der Waals surface area contributed by atoms with Gasteiger partial charge in [0.2, 0.25) is 5.84 Å². The normalized spacial score (nSPS) is 24.5. The highest BCUT2D eigenvalue weighted by Gasteiger charge is 2.38. The molecule has 0 radical (unpaired) electrons. The standard InChI is InChI=1S/C13H21N3O2/c1-3-4-5-6-7-12-15-8-9-16(12,11(2)14)10-13(17)18/h4-5,8-9,11H,3,6-7,10,14H2,1-2H3/b5-4+. The molecule has 5 heteroatoms. The van der Waals surface area contributed by atoms with Crippen molar-refractivity contribution >= 4 is 11.8 Å². The van der Waals surface area contributed by atoms with Gasteiger partial charge in [-0.1, -0.05) is 19.1 Å². The molecule has 0 spiro atoms. The SMILES string of the molecule is CC/C=C/CCC1=NC=C[N+]1(CC(=O)[O-])C(C)N. The lowest BCUT2D eigenvalue weighted by Crippen LogP contribution is -2.60. The van der Waals surface area contributed by atoms with Crippen LogP contribution in [0.2, 0.25) is 0 Å². The highest BCUT2D eigenvalue weighted by atomic mass is 16.4. The molecule has 100 valence electrons. The summed E-state index contributed by atoms with van der Waals surface area (Å²) in [5, 5.41) is 10.9. The molecule has 0 amide bonds. The summed E-state index contributed by atoms with van der Waals surface area (Å²) in [6.45, 7) is 3.70. The zero-order chi connectivity index (χ0) is 13.6. The molecule has 2 unspecified atom stereocenters. The van der Waals surface area contributed by atoms with E-state index in [0.29, 0.717) is 6.42 Å². The Morgan fingerprint density at radius 1 is 1.61 bits per heavy atom. The largest absolute Gasteiger partial charge is 0.544 e. The first-order valence-electron chi connectivity index (χ1n) is 6.25. The van der Waals surface area contributed by atoms with Crippen LogP contribution in [0.15, 0.2) is 29.5 Å². The van der Waals surface area contributed by atoms with E-state index in [2.05, 4.69) is 24.1 Å². The second-order valence-corrected chi connectivity index (χ2v) is 4.46. The second kappa shape index (κ2) is 6.47. The summed E-state index contributed by atoms with van der Waals surface area (Å²) in [6, 6.07) is 0. The third-order valence-corrected chi connectivity index (χ3v) is 3.09. The van der Waals surface area contributed by atoms with Gasteiger partial charge in [0.15, 0.2) is 0 Å². The van der Waals surface area contributed by atoms with Crippen LogP contribution in [0.3, 0.4) is 0 Å². The molecule has 1 rings (SSSR count). The molecule has 0 aliphatic carbocycles. The molecule has 0 aromatic heterocycles. The van der Waals surface area contributed by atoms with Gasteiger partial charge in [-0.25, -0.2) is 9.48 Å². The molecule has 5 nitrogen and oxygen atoms in total. The molecule has 1 aliphatic heterocycles. The molecule has 0 aromatic rings. The van der Waals surface area contributed by atoms with Crippen LogP contribution in [0.5, 0.6) is 0 Å². The average Bonchev–Trinajstić information content (AvgIpc) is 2.68. The van der Waals surface area contributed by atoms with Crippen molar-refractivity contribution in [3.63, 3.8) is 0 Å². The zero-order valence-corrected chi connectivity index (χ0v) is 11.0. The van der Waals surface area contributed by atoms with E-state index < -0.39 is 5.97 Å². The number of carbonyl (C=O) groups is 1. The number of aliphatic carboxylic acids is 1. The minimum absolute atomic E-state index is 0.0717. The predicted molar refractivity (Wildman–Crippen MR) is 69.0 cm³/mol. The van der Waals surface area contributed by atoms with E-state index >= 15 is 0 Å². The minimum atomic E-state index is -1.12. The highest BCUT2D eigenvalue weighted by Crippen LogP contribution is 2.22. The summed E-state index contributed by atoms with van der Waals surface area (Å²) in [6.07, 6.45) is 9.72. The van der Waals surface area contributed by atoms with E-state index in [0.717, 1.165) is 18.7 Å². The number of amidine groups is 1. The van der Waals surface area contributed by atoms with Crippen LogP contribution in [-0.2, 0) is 4.79 Å². The van der Waals surface area contributed by atoms with Crippen molar-refractivity contribution in [2.45, 2.75) is 39.3 Å². The van der Waals surface area contributed by atoms with Crippen LogP contribution >= 0.6 is 0 Å². The fraction of sp³-hybridized carbons (Fsp3) is 0.538. The first-order chi connectivity index (χ1) is 8.53. The Morgan fingerprint density at radius 3 is 2.89 bits per heavy atom. The van der Waals surface area contributed by atoms with Crippen LogP contribution in [0.25, 0.3) is 0 Å². The number of nitrogens with two attached hydrogens (primary N) is 1. The number of hydrogen-bond acceptors (Lipinski definition) is 4. The predicted octanol–water partition coefficient (Wildman–Crippen LogP) is 0.488. The molecule has 0 fully saturated rings. The van der Waals surface area contributed by atoms with Gasteiger partial charge in [0, 0.05) is 13.3 Å². The van der Waals surface area contributed by atoms with E-state index in [1.54, 1.807) is 19.3 Å². The third-order valence-electron chi connectivity index (χ3n) is 3.09. The Labute approximate surface area is 108 Å². The van der Waals surface area contributed by atoms with Gasteiger partial charge in [-0.2, -0.15) is 0 Å². The van der Waals surface area contributed by atoms with Gasteiger partial charge in [-0.05, 0) is 12.8 Å². The highest BCUT2D eigenvalue weighted by molar-refractivity contribution is 5.81. The number of nitrogens with zero attached hydrogens (tertiary/aromatic N) is 2. The van der Waals surface area contributed by atoms with Crippen molar-refractivity contribution < 1.29 is 14.4 Å². The molecule has 0 aromatic carbocycles. The van der Waals surface area contributed by atoms with Gasteiger partial charge in [0.25, 0.3) is 0 Å². The topological polar surface area (TPSA) is 78.5 Å². The molecule has 1 heterocycles. The summed E-state index contributed by atoms with van der Waals surface area (Å²) in [7, 11) is 0. The van der Waals surface area contributed by atoms with Gasteiger partial charge in [0.1, 0.15) is 18.9 Å². The van der Waals surface area contributed by atoms with Gasteiger partial charge < -0.3 is 9.90 Å².